The van der Waals surface area contributed by atoms with Crippen LogP contribution in [0.1, 0.15) is 18.5 Å². The standard InChI is InChI=1S/C10H14N2/c1-8(12-9(2)11)10-6-4-3-5-7-10/h3-8,12H,2,11H2,1H3. The molecular weight excluding hydrogens is 148 g/mol. The van der Waals surface area contributed by atoms with Gasteiger partial charge in [-0.2, -0.15) is 0 Å². The van der Waals surface area contributed by atoms with Gasteiger partial charge in [0.15, 0.2) is 0 Å². The molecule has 0 saturated carbocycles. The van der Waals surface area contributed by atoms with Gasteiger partial charge >= 0.3 is 0 Å². The zero-order valence-corrected chi connectivity index (χ0v) is 7.25. The van der Waals surface area contributed by atoms with Gasteiger partial charge in [0.1, 0.15) is 0 Å². The fourth-order valence-corrected chi connectivity index (χ4v) is 1.10. The van der Waals surface area contributed by atoms with E-state index in [0.717, 1.165) is 0 Å². The SMILES string of the molecule is C=C(N)NC(C)c1ccccc1. The zero-order chi connectivity index (χ0) is 8.97. The van der Waals surface area contributed by atoms with Gasteiger partial charge in [0.25, 0.3) is 0 Å². The molecule has 0 amide bonds. The van der Waals surface area contributed by atoms with Crippen molar-refractivity contribution in [2.75, 3.05) is 0 Å². The molecular formula is C10H14N2. The van der Waals surface area contributed by atoms with E-state index in [0.29, 0.717) is 5.82 Å². The van der Waals surface area contributed by atoms with Gasteiger partial charge in [-0.3, -0.25) is 0 Å². The van der Waals surface area contributed by atoms with Gasteiger partial charge in [-0.1, -0.05) is 36.9 Å². The number of hydrogen-bond acceptors (Lipinski definition) is 2. The second-order valence-corrected chi connectivity index (χ2v) is 2.80. The highest BCUT2D eigenvalue weighted by Crippen LogP contribution is 2.10. The highest BCUT2D eigenvalue weighted by Gasteiger charge is 2.01. The lowest BCUT2D eigenvalue weighted by Crippen LogP contribution is -2.22. The molecule has 3 N–H and O–H groups in total. The molecule has 0 aliphatic rings. The Kier molecular flexibility index (Phi) is 2.75. The van der Waals surface area contributed by atoms with Crippen LogP contribution in [-0.2, 0) is 0 Å². The van der Waals surface area contributed by atoms with E-state index in [9.17, 15) is 0 Å². The average Bonchev–Trinajstić information content (AvgIpc) is 2.05. The molecule has 0 fully saturated rings. The number of nitrogens with one attached hydrogen (secondary N) is 1. The highest BCUT2D eigenvalue weighted by molar-refractivity contribution is 5.18. The summed E-state index contributed by atoms with van der Waals surface area (Å²) in [5, 5.41) is 3.04. The molecule has 64 valence electrons. The first-order valence-electron chi connectivity index (χ1n) is 3.96. The summed E-state index contributed by atoms with van der Waals surface area (Å²) in [5.41, 5.74) is 6.64. The molecule has 1 rings (SSSR count). The van der Waals surface area contributed by atoms with E-state index in [1.807, 2.05) is 25.1 Å². The summed E-state index contributed by atoms with van der Waals surface area (Å²) in [6, 6.07) is 10.3. The van der Waals surface area contributed by atoms with Crippen LogP contribution in [0, 0.1) is 0 Å². The topological polar surface area (TPSA) is 38.0 Å². The van der Waals surface area contributed by atoms with E-state index in [2.05, 4.69) is 24.0 Å². The number of benzene rings is 1. The molecule has 12 heavy (non-hydrogen) atoms. The van der Waals surface area contributed by atoms with E-state index >= 15 is 0 Å². The van der Waals surface area contributed by atoms with Crippen LogP contribution in [0.2, 0.25) is 0 Å². The molecule has 0 bridgehead atoms. The van der Waals surface area contributed by atoms with Crippen molar-refractivity contribution in [3.8, 4) is 0 Å². The number of nitrogens with two attached hydrogens (primary N) is 1. The second kappa shape index (κ2) is 3.81. The third-order valence-electron chi connectivity index (χ3n) is 1.70. The Morgan fingerprint density at radius 3 is 2.50 bits per heavy atom. The molecule has 0 aliphatic carbocycles. The molecule has 1 aromatic carbocycles. The normalized spacial score (nSPS) is 12.1. The summed E-state index contributed by atoms with van der Waals surface area (Å²) in [6.07, 6.45) is 0. The minimum Gasteiger partial charge on any atom is -0.386 e. The van der Waals surface area contributed by atoms with Gasteiger partial charge in [-0.05, 0) is 12.5 Å². The molecule has 0 spiro atoms. The number of hydrogen-bond donors (Lipinski definition) is 2. The molecule has 1 atom stereocenters. The van der Waals surface area contributed by atoms with Crippen LogP contribution in [-0.4, -0.2) is 0 Å². The Labute approximate surface area is 73.1 Å². The summed E-state index contributed by atoms with van der Waals surface area (Å²) in [7, 11) is 0. The maximum atomic E-state index is 5.43. The second-order valence-electron chi connectivity index (χ2n) is 2.80. The summed E-state index contributed by atoms with van der Waals surface area (Å²) in [4.78, 5) is 0. The van der Waals surface area contributed by atoms with Crippen molar-refractivity contribution in [1.29, 1.82) is 0 Å². The van der Waals surface area contributed by atoms with E-state index in [4.69, 9.17) is 5.73 Å². The fraction of sp³-hybridized carbons (Fsp3) is 0.200. The molecule has 2 nitrogen and oxygen atoms in total. The number of rotatable bonds is 3. The minimum absolute atomic E-state index is 0.226. The van der Waals surface area contributed by atoms with Gasteiger partial charge in [-0.25, -0.2) is 0 Å². The molecule has 2 heteroatoms. The maximum absolute atomic E-state index is 5.43. The summed E-state index contributed by atoms with van der Waals surface area (Å²) < 4.78 is 0. The van der Waals surface area contributed by atoms with Crippen molar-refractivity contribution in [2.24, 2.45) is 5.73 Å². The first-order valence-corrected chi connectivity index (χ1v) is 3.96. The first kappa shape index (κ1) is 8.65. The molecule has 1 aromatic rings. The predicted octanol–water partition coefficient (Wildman–Crippen LogP) is 1.77. The van der Waals surface area contributed by atoms with Crippen LogP contribution < -0.4 is 11.1 Å². The Morgan fingerprint density at radius 2 is 2.00 bits per heavy atom. The van der Waals surface area contributed by atoms with Crippen LogP contribution >= 0.6 is 0 Å². The molecule has 0 aliphatic heterocycles. The van der Waals surface area contributed by atoms with E-state index in [1.165, 1.54) is 5.56 Å². The lowest BCUT2D eigenvalue weighted by atomic mass is 10.1. The maximum Gasteiger partial charge on any atom is 0.0890 e. The van der Waals surface area contributed by atoms with Crippen LogP contribution in [0.25, 0.3) is 0 Å². The van der Waals surface area contributed by atoms with Gasteiger partial charge in [0.2, 0.25) is 0 Å². The summed E-state index contributed by atoms with van der Waals surface area (Å²) >= 11 is 0. The van der Waals surface area contributed by atoms with Gasteiger partial charge in [0.05, 0.1) is 5.82 Å². The minimum atomic E-state index is 0.226. The smallest absolute Gasteiger partial charge is 0.0890 e. The molecule has 0 radical (unpaired) electrons. The summed E-state index contributed by atoms with van der Waals surface area (Å²) in [6.45, 7) is 5.64. The van der Waals surface area contributed by atoms with Crippen molar-refractivity contribution in [1.82, 2.24) is 5.32 Å². The largest absolute Gasteiger partial charge is 0.386 e. The monoisotopic (exact) mass is 162 g/mol. The van der Waals surface area contributed by atoms with E-state index in [-0.39, 0.29) is 6.04 Å². The highest BCUT2D eigenvalue weighted by atomic mass is 15.0. The Balaban J connectivity index is 2.65. The Bertz CT molecular complexity index is 254. The van der Waals surface area contributed by atoms with Crippen LogP contribution in [0.3, 0.4) is 0 Å². The molecule has 0 heterocycles. The van der Waals surface area contributed by atoms with Crippen molar-refractivity contribution < 1.29 is 0 Å². The predicted molar refractivity (Wildman–Crippen MR) is 51.3 cm³/mol. The van der Waals surface area contributed by atoms with E-state index in [1.54, 1.807) is 0 Å². The Hall–Kier alpha value is -1.44. The van der Waals surface area contributed by atoms with Crippen molar-refractivity contribution >= 4 is 0 Å². The van der Waals surface area contributed by atoms with Gasteiger partial charge in [0, 0.05) is 6.04 Å². The third-order valence-corrected chi connectivity index (χ3v) is 1.70. The lowest BCUT2D eigenvalue weighted by Gasteiger charge is -2.14. The van der Waals surface area contributed by atoms with Crippen molar-refractivity contribution in [3.63, 3.8) is 0 Å². The van der Waals surface area contributed by atoms with Crippen molar-refractivity contribution in [2.45, 2.75) is 13.0 Å². The molecule has 1 unspecified atom stereocenters. The molecule has 0 saturated heterocycles. The Morgan fingerprint density at radius 1 is 1.42 bits per heavy atom. The average molecular weight is 162 g/mol. The van der Waals surface area contributed by atoms with Gasteiger partial charge in [-0.15, -0.1) is 0 Å². The van der Waals surface area contributed by atoms with Crippen LogP contribution in [0.15, 0.2) is 42.7 Å². The fourth-order valence-electron chi connectivity index (χ4n) is 1.10. The zero-order valence-electron chi connectivity index (χ0n) is 7.25. The van der Waals surface area contributed by atoms with Crippen molar-refractivity contribution in [3.05, 3.63) is 48.3 Å². The lowest BCUT2D eigenvalue weighted by molar-refractivity contribution is 0.650. The summed E-state index contributed by atoms with van der Waals surface area (Å²) in [5.74, 6) is 0.506. The van der Waals surface area contributed by atoms with Crippen LogP contribution in [0.5, 0.6) is 0 Å². The van der Waals surface area contributed by atoms with Crippen LogP contribution in [0.4, 0.5) is 0 Å². The molecule has 0 aromatic heterocycles. The van der Waals surface area contributed by atoms with E-state index < -0.39 is 0 Å². The van der Waals surface area contributed by atoms with Gasteiger partial charge < -0.3 is 11.1 Å². The third kappa shape index (κ3) is 2.31. The quantitative estimate of drug-likeness (QED) is 0.710. The first-order chi connectivity index (χ1) is 5.70.